The lowest BCUT2D eigenvalue weighted by Gasteiger charge is -2.58. The van der Waals surface area contributed by atoms with Gasteiger partial charge in [-0.2, -0.15) is 26.3 Å². The van der Waals surface area contributed by atoms with Crippen molar-refractivity contribution in [2.24, 2.45) is 11.8 Å². The fourth-order valence-corrected chi connectivity index (χ4v) is 6.59. The molecule has 3 aliphatic rings. The summed E-state index contributed by atoms with van der Waals surface area (Å²) in [4.78, 5) is 4.37. The molecule has 0 amide bonds. The number of halogens is 7. The molecule has 3 aromatic rings. The topological polar surface area (TPSA) is 42.4 Å². The molecule has 3 aliphatic heterocycles. The van der Waals surface area contributed by atoms with Crippen LogP contribution < -0.4 is 21.7 Å². The van der Waals surface area contributed by atoms with Gasteiger partial charge in [0.2, 0.25) is 0 Å². The second-order valence-electron chi connectivity index (χ2n) is 10.7. The SMILES string of the molecule is C=C[C@H]1C[N+]2(Cc3cc(C(F)(F)F)cc(C(F)(F)F)c3)CC[C@H]1CC2[C@H](O)c1ccnc2ccc(OC)cc12.[Br-]. The summed E-state index contributed by atoms with van der Waals surface area (Å²) < 4.78 is 87.2. The number of hydrogen-bond donors (Lipinski definition) is 1. The van der Waals surface area contributed by atoms with Crippen LogP contribution >= 0.6 is 0 Å². The summed E-state index contributed by atoms with van der Waals surface area (Å²) >= 11 is 0. The van der Waals surface area contributed by atoms with E-state index in [9.17, 15) is 31.4 Å². The highest BCUT2D eigenvalue weighted by Crippen LogP contribution is 2.48. The van der Waals surface area contributed by atoms with E-state index in [1.165, 1.54) is 7.11 Å². The molecule has 2 bridgehead atoms. The van der Waals surface area contributed by atoms with Gasteiger partial charge in [0.1, 0.15) is 24.4 Å². The second-order valence-corrected chi connectivity index (χ2v) is 10.7. The minimum absolute atomic E-state index is 0. The minimum atomic E-state index is -4.93. The molecule has 3 saturated heterocycles. The maximum absolute atomic E-state index is 13.6. The number of hydrogen-bond acceptors (Lipinski definition) is 3. The molecule has 1 aromatic heterocycles. The highest BCUT2D eigenvalue weighted by molar-refractivity contribution is 5.83. The Morgan fingerprint density at radius 3 is 2.35 bits per heavy atom. The number of alkyl halides is 6. The number of ether oxygens (including phenoxy) is 1. The molecule has 11 heteroatoms. The summed E-state index contributed by atoms with van der Waals surface area (Å²) in [5.74, 6) is 0.843. The van der Waals surface area contributed by atoms with Crippen molar-refractivity contribution in [2.75, 3.05) is 20.2 Å². The minimum Gasteiger partial charge on any atom is -1.00 e. The zero-order valence-electron chi connectivity index (χ0n) is 21.6. The van der Waals surface area contributed by atoms with Crippen LogP contribution in [0.1, 0.15) is 41.2 Å². The Labute approximate surface area is 238 Å². The van der Waals surface area contributed by atoms with Crippen molar-refractivity contribution in [2.45, 2.75) is 43.9 Å². The van der Waals surface area contributed by atoms with E-state index in [0.717, 1.165) is 18.6 Å². The maximum Gasteiger partial charge on any atom is 0.416 e. The van der Waals surface area contributed by atoms with Crippen molar-refractivity contribution < 1.29 is 57.7 Å². The molecular weight excluding hydrogens is 602 g/mol. The Bertz CT molecular complexity index is 1360. The van der Waals surface area contributed by atoms with Crippen LogP contribution in [0, 0.1) is 11.8 Å². The van der Waals surface area contributed by atoms with Crippen LogP contribution in [0.15, 0.2) is 61.3 Å². The van der Waals surface area contributed by atoms with E-state index in [1.807, 2.05) is 6.08 Å². The van der Waals surface area contributed by atoms with E-state index < -0.39 is 35.6 Å². The molecule has 1 N–H and O–H groups in total. The molecule has 4 nitrogen and oxygen atoms in total. The van der Waals surface area contributed by atoms with Gasteiger partial charge in [-0.1, -0.05) is 6.08 Å². The summed E-state index contributed by atoms with van der Waals surface area (Å²) in [5, 5.41) is 12.5. The lowest BCUT2D eigenvalue weighted by molar-refractivity contribution is -0.984. The number of nitrogens with zero attached hydrogens (tertiary/aromatic N) is 2. The number of methoxy groups -OCH3 is 1. The first-order valence-electron chi connectivity index (χ1n) is 12.7. The molecule has 2 unspecified atom stereocenters. The molecule has 0 saturated carbocycles. The monoisotopic (exact) mass is 630 g/mol. The van der Waals surface area contributed by atoms with Gasteiger partial charge in [-0.25, -0.2) is 0 Å². The van der Waals surface area contributed by atoms with Crippen molar-refractivity contribution in [3.05, 3.63) is 83.6 Å². The van der Waals surface area contributed by atoms with Crippen LogP contribution in [-0.4, -0.2) is 40.8 Å². The zero-order valence-corrected chi connectivity index (χ0v) is 23.2. The van der Waals surface area contributed by atoms with E-state index in [2.05, 4.69) is 11.6 Å². The molecule has 2 aromatic carbocycles. The number of pyridine rings is 1. The molecule has 5 atom stereocenters. The summed E-state index contributed by atoms with van der Waals surface area (Å²) in [5.41, 5.74) is -1.47. The van der Waals surface area contributed by atoms with Gasteiger partial charge in [0.15, 0.2) is 0 Å². The van der Waals surface area contributed by atoms with Crippen LogP contribution in [-0.2, 0) is 18.9 Å². The number of aliphatic hydroxyl groups is 1. The van der Waals surface area contributed by atoms with Crippen LogP contribution in [0.25, 0.3) is 10.9 Å². The number of fused-ring (bicyclic) bond motifs is 4. The molecule has 4 heterocycles. The van der Waals surface area contributed by atoms with Gasteiger partial charge in [-0.05, 0) is 53.9 Å². The zero-order chi connectivity index (χ0) is 28.2. The molecule has 3 fully saturated rings. The summed E-state index contributed by atoms with van der Waals surface area (Å²) in [6.07, 6.45) is -6.16. The van der Waals surface area contributed by atoms with E-state index in [4.69, 9.17) is 4.74 Å². The Kier molecular flexibility index (Phi) is 8.33. The third kappa shape index (κ3) is 5.60. The smallest absolute Gasteiger partial charge is 0.416 e. The van der Waals surface area contributed by atoms with Gasteiger partial charge >= 0.3 is 12.4 Å². The van der Waals surface area contributed by atoms with Crippen molar-refractivity contribution in [1.82, 2.24) is 4.98 Å². The van der Waals surface area contributed by atoms with E-state index in [1.54, 1.807) is 30.5 Å². The lowest BCUT2D eigenvalue weighted by atomic mass is 9.71. The summed E-state index contributed by atoms with van der Waals surface area (Å²) in [6, 6.07) is 8.34. The van der Waals surface area contributed by atoms with Crippen LogP contribution in [0.4, 0.5) is 26.3 Å². The predicted molar refractivity (Wildman–Crippen MR) is 134 cm³/mol. The predicted octanol–water partition coefficient (Wildman–Crippen LogP) is 3.93. The first kappa shape index (κ1) is 30.3. The average molecular weight is 631 g/mol. The maximum atomic E-state index is 13.6. The quantitative estimate of drug-likeness (QED) is 0.255. The molecule has 0 spiro atoms. The lowest BCUT2D eigenvalue weighted by Crippen LogP contribution is -3.00. The van der Waals surface area contributed by atoms with Crippen molar-refractivity contribution in [3.63, 3.8) is 0 Å². The fraction of sp³-hybridized carbons (Fsp3) is 0.414. The van der Waals surface area contributed by atoms with Crippen LogP contribution in [0.2, 0.25) is 0 Å². The number of benzene rings is 2. The highest BCUT2D eigenvalue weighted by atomic mass is 79.9. The molecule has 0 radical (unpaired) electrons. The van der Waals surface area contributed by atoms with Gasteiger partial charge < -0.3 is 31.3 Å². The number of piperidine rings is 3. The van der Waals surface area contributed by atoms with E-state index in [-0.39, 0.29) is 51.5 Å². The highest BCUT2D eigenvalue weighted by Gasteiger charge is 2.54. The molecule has 6 rings (SSSR count). The van der Waals surface area contributed by atoms with Gasteiger partial charge in [-0.15, -0.1) is 6.58 Å². The third-order valence-electron chi connectivity index (χ3n) is 8.49. The number of quaternary nitrogens is 1. The number of rotatable bonds is 6. The normalized spacial score (nSPS) is 25.4. The fourth-order valence-electron chi connectivity index (χ4n) is 6.59. The number of aromatic nitrogens is 1. The largest absolute Gasteiger partial charge is 1.00 e. The third-order valence-corrected chi connectivity index (χ3v) is 8.49. The van der Waals surface area contributed by atoms with Crippen LogP contribution in [0.5, 0.6) is 5.75 Å². The van der Waals surface area contributed by atoms with Gasteiger partial charge in [-0.3, -0.25) is 4.98 Å². The standard InChI is InChI=1S/C29H29F6N2O2.BrH/c1-3-18-16-37(15-17-10-20(28(30,31)32)13-21(11-17)29(33,34)35)9-7-19(18)12-26(37)27(38)23-6-8-36-25-5-4-22(39-2)14-24(23)25;/h3-6,8,10-11,13-14,18-19,26-27,38H,1,7,9,12,15-16H2,2H3;1H/q+1;/p-1/t18-,19-,26?,27+,37?;/m0./s1. The van der Waals surface area contributed by atoms with Gasteiger partial charge in [0.05, 0.1) is 36.8 Å². The Hall–Kier alpha value is -2.63. The Morgan fingerprint density at radius 1 is 1.07 bits per heavy atom. The average Bonchev–Trinajstić information content (AvgIpc) is 2.90. The van der Waals surface area contributed by atoms with Gasteiger partial charge in [0, 0.05) is 35.9 Å². The Balaban J connectivity index is 0.00000370. The van der Waals surface area contributed by atoms with E-state index >= 15 is 0 Å². The summed E-state index contributed by atoms with van der Waals surface area (Å²) in [7, 11) is 1.53. The molecule has 0 aliphatic carbocycles. The van der Waals surface area contributed by atoms with Crippen molar-refractivity contribution in [1.29, 1.82) is 0 Å². The first-order chi connectivity index (χ1) is 18.3. The van der Waals surface area contributed by atoms with Gasteiger partial charge in [0.25, 0.3) is 0 Å². The van der Waals surface area contributed by atoms with E-state index in [0.29, 0.717) is 41.7 Å². The first-order valence-corrected chi connectivity index (χ1v) is 12.7. The second kappa shape index (κ2) is 11.0. The molecule has 216 valence electrons. The number of aliphatic hydroxyl groups excluding tert-OH is 1. The molecule has 40 heavy (non-hydrogen) atoms. The Morgan fingerprint density at radius 2 is 1.75 bits per heavy atom. The molecular formula is C29H29BrF6N2O2. The summed E-state index contributed by atoms with van der Waals surface area (Å²) in [6.45, 7) is 4.86. The van der Waals surface area contributed by atoms with Crippen molar-refractivity contribution >= 4 is 10.9 Å². The van der Waals surface area contributed by atoms with Crippen molar-refractivity contribution in [3.8, 4) is 5.75 Å². The van der Waals surface area contributed by atoms with Crippen LogP contribution in [0.3, 0.4) is 0 Å².